The van der Waals surface area contributed by atoms with Crippen molar-refractivity contribution in [1.82, 2.24) is 0 Å². The Morgan fingerprint density at radius 3 is 2.64 bits per heavy atom. The fourth-order valence-electron chi connectivity index (χ4n) is 0.744. The van der Waals surface area contributed by atoms with Crippen LogP contribution >= 0.6 is 0 Å². The summed E-state index contributed by atoms with van der Waals surface area (Å²) in [6.07, 6.45) is 2.87. The fraction of sp³-hybridized carbons (Fsp3) is 0.750. The molecule has 11 heavy (non-hydrogen) atoms. The van der Waals surface area contributed by atoms with Crippen molar-refractivity contribution in [2.24, 2.45) is 0 Å². The lowest BCUT2D eigenvalue weighted by molar-refractivity contribution is -0.142. The first kappa shape index (κ1) is 10.4. The standard InChI is InChI=1S/C8H15O3/c1-2-11-8(10)6-4-3-5-7-9/h9H,1-7H2. The lowest BCUT2D eigenvalue weighted by Gasteiger charge is -1.99. The Bertz CT molecular complexity index is 102. The van der Waals surface area contributed by atoms with Gasteiger partial charge < -0.3 is 9.84 Å². The summed E-state index contributed by atoms with van der Waals surface area (Å²) in [6, 6.07) is 0. The first-order valence-corrected chi connectivity index (χ1v) is 3.87. The first-order valence-electron chi connectivity index (χ1n) is 3.87. The summed E-state index contributed by atoms with van der Waals surface area (Å²) < 4.78 is 4.61. The second-order valence-corrected chi connectivity index (χ2v) is 2.25. The smallest absolute Gasteiger partial charge is 0.305 e. The number of aliphatic hydroxyl groups is 1. The SMILES string of the molecule is [CH2]COC(=O)CCCCCO. The summed E-state index contributed by atoms with van der Waals surface area (Å²) in [5.74, 6) is -0.196. The molecule has 0 heterocycles. The molecule has 0 aromatic rings. The highest BCUT2D eigenvalue weighted by atomic mass is 16.5. The van der Waals surface area contributed by atoms with E-state index in [1.54, 1.807) is 0 Å². The molecular weight excluding hydrogens is 144 g/mol. The molecule has 1 radical (unpaired) electrons. The van der Waals surface area contributed by atoms with Gasteiger partial charge >= 0.3 is 5.97 Å². The Hall–Kier alpha value is -0.570. The molecule has 0 aliphatic carbocycles. The highest BCUT2D eigenvalue weighted by Crippen LogP contribution is 2.00. The van der Waals surface area contributed by atoms with Gasteiger partial charge in [-0.05, 0) is 19.8 Å². The predicted octanol–water partition coefficient (Wildman–Crippen LogP) is 0.916. The van der Waals surface area contributed by atoms with Gasteiger partial charge in [-0.3, -0.25) is 4.79 Å². The van der Waals surface area contributed by atoms with Gasteiger partial charge in [0.15, 0.2) is 0 Å². The lowest BCUT2D eigenvalue weighted by atomic mass is 10.2. The van der Waals surface area contributed by atoms with Crippen LogP contribution in [0, 0.1) is 6.92 Å². The molecular formula is C8H15O3. The van der Waals surface area contributed by atoms with Crippen LogP contribution in [0.3, 0.4) is 0 Å². The second kappa shape index (κ2) is 7.54. The van der Waals surface area contributed by atoms with E-state index in [-0.39, 0.29) is 19.2 Å². The highest BCUT2D eigenvalue weighted by Gasteiger charge is 1.99. The van der Waals surface area contributed by atoms with Crippen molar-refractivity contribution in [3.63, 3.8) is 0 Å². The van der Waals surface area contributed by atoms with Crippen molar-refractivity contribution in [2.45, 2.75) is 25.7 Å². The Kier molecular flexibility index (Phi) is 7.15. The van der Waals surface area contributed by atoms with Gasteiger partial charge in [0.2, 0.25) is 0 Å². The van der Waals surface area contributed by atoms with Crippen molar-refractivity contribution in [3.05, 3.63) is 6.92 Å². The fourth-order valence-corrected chi connectivity index (χ4v) is 0.744. The molecule has 3 heteroatoms. The summed E-state index contributed by atoms with van der Waals surface area (Å²) >= 11 is 0. The van der Waals surface area contributed by atoms with E-state index in [1.165, 1.54) is 0 Å². The monoisotopic (exact) mass is 159 g/mol. The van der Waals surface area contributed by atoms with Crippen molar-refractivity contribution >= 4 is 5.97 Å². The summed E-state index contributed by atoms with van der Waals surface area (Å²) in [6.45, 7) is 3.79. The predicted molar refractivity (Wildman–Crippen MR) is 41.9 cm³/mol. The largest absolute Gasteiger partial charge is 0.466 e. The molecule has 0 aromatic heterocycles. The molecule has 0 atom stereocenters. The second-order valence-electron chi connectivity index (χ2n) is 2.25. The minimum Gasteiger partial charge on any atom is -0.466 e. The van der Waals surface area contributed by atoms with E-state index in [0.29, 0.717) is 6.42 Å². The highest BCUT2D eigenvalue weighted by molar-refractivity contribution is 5.69. The summed E-state index contributed by atoms with van der Waals surface area (Å²) in [7, 11) is 0. The Morgan fingerprint density at radius 2 is 2.09 bits per heavy atom. The molecule has 0 aliphatic rings. The normalized spacial score (nSPS) is 9.64. The number of unbranched alkanes of at least 4 members (excludes halogenated alkanes) is 2. The van der Waals surface area contributed by atoms with Crippen molar-refractivity contribution in [2.75, 3.05) is 13.2 Å². The average molecular weight is 159 g/mol. The molecule has 0 amide bonds. The van der Waals surface area contributed by atoms with E-state index >= 15 is 0 Å². The quantitative estimate of drug-likeness (QED) is 0.463. The van der Waals surface area contributed by atoms with E-state index in [2.05, 4.69) is 11.7 Å². The minimum absolute atomic E-state index is 0.196. The molecule has 0 saturated carbocycles. The summed E-state index contributed by atoms with van der Waals surface area (Å²) in [5, 5.41) is 8.41. The van der Waals surface area contributed by atoms with Gasteiger partial charge in [0.25, 0.3) is 0 Å². The molecule has 0 unspecified atom stereocenters. The first-order chi connectivity index (χ1) is 5.31. The molecule has 0 aliphatic heterocycles. The van der Waals surface area contributed by atoms with Gasteiger partial charge in [-0.2, -0.15) is 0 Å². The zero-order chi connectivity index (χ0) is 8.53. The van der Waals surface area contributed by atoms with Crippen LogP contribution in [0.5, 0.6) is 0 Å². The minimum atomic E-state index is -0.196. The van der Waals surface area contributed by atoms with Crippen LogP contribution in [0.4, 0.5) is 0 Å². The van der Waals surface area contributed by atoms with Crippen molar-refractivity contribution in [3.8, 4) is 0 Å². The zero-order valence-electron chi connectivity index (χ0n) is 6.71. The topological polar surface area (TPSA) is 46.5 Å². The molecule has 65 valence electrons. The van der Waals surface area contributed by atoms with E-state index in [4.69, 9.17) is 5.11 Å². The Labute approximate surface area is 67.4 Å². The maximum atomic E-state index is 10.7. The Morgan fingerprint density at radius 1 is 1.36 bits per heavy atom. The molecule has 0 rings (SSSR count). The number of carbonyl (C=O) groups is 1. The third-order valence-corrected chi connectivity index (χ3v) is 1.30. The van der Waals surface area contributed by atoms with Crippen LogP contribution in [-0.2, 0) is 9.53 Å². The van der Waals surface area contributed by atoms with Gasteiger partial charge in [-0.1, -0.05) is 6.42 Å². The number of carbonyl (C=O) groups excluding carboxylic acids is 1. The number of rotatable bonds is 6. The van der Waals surface area contributed by atoms with Crippen LogP contribution in [0.15, 0.2) is 0 Å². The third-order valence-electron chi connectivity index (χ3n) is 1.30. The zero-order valence-corrected chi connectivity index (χ0v) is 6.71. The van der Waals surface area contributed by atoms with Gasteiger partial charge in [-0.15, -0.1) is 0 Å². The van der Waals surface area contributed by atoms with Crippen LogP contribution < -0.4 is 0 Å². The Balaban J connectivity index is 3.04. The van der Waals surface area contributed by atoms with Crippen LogP contribution in [0.1, 0.15) is 25.7 Å². The summed E-state index contributed by atoms with van der Waals surface area (Å²) in [5.41, 5.74) is 0. The summed E-state index contributed by atoms with van der Waals surface area (Å²) in [4.78, 5) is 10.7. The van der Waals surface area contributed by atoms with E-state index in [0.717, 1.165) is 19.3 Å². The van der Waals surface area contributed by atoms with Gasteiger partial charge in [0.05, 0.1) is 6.61 Å². The number of aliphatic hydroxyl groups excluding tert-OH is 1. The molecule has 1 N–H and O–H groups in total. The third kappa shape index (κ3) is 7.33. The molecule has 0 spiro atoms. The van der Waals surface area contributed by atoms with Crippen LogP contribution in [-0.4, -0.2) is 24.3 Å². The number of ether oxygens (including phenoxy) is 1. The average Bonchev–Trinajstić information content (AvgIpc) is 1.99. The molecule has 0 bridgehead atoms. The molecule has 0 aromatic carbocycles. The van der Waals surface area contributed by atoms with Gasteiger partial charge in [-0.25, -0.2) is 0 Å². The number of hydrogen-bond donors (Lipinski definition) is 1. The van der Waals surface area contributed by atoms with Gasteiger partial charge in [0, 0.05) is 13.0 Å². The van der Waals surface area contributed by atoms with Crippen molar-refractivity contribution in [1.29, 1.82) is 0 Å². The number of hydrogen-bond acceptors (Lipinski definition) is 3. The van der Waals surface area contributed by atoms with E-state index in [1.807, 2.05) is 0 Å². The van der Waals surface area contributed by atoms with E-state index < -0.39 is 0 Å². The van der Waals surface area contributed by atoms with E-state index in [9.17, 15) is 4.79 Å². The van der Waals surface area contributed by atoms with Gasteiger partial charge in [0.1, 0.15) is 0 Å². The molecule has 0 fully saturated rings. The molecule has 3 nitrogen and oxygen atoms in total. The lowest BCUT2D eigenvalue weighted by Crippen LogP contribution is -2.03. The number of esters is 1. The maximum absolute atomic E-state index is 10.7. The maximum Gasteiger partial charge on any atom is 0.305 e. The van der Waals surface area contributed by atoms with Crippen molar-refractivity contribution < 1.29 is 14.6 Å². The van der Waals surface area contributed by atoms with Crippen LogP contribution in [0.2, 0.25) is 0 Å². The molecule has 0 saturated heterocycles. The van der Waals surface area contributed by atoms with Crippen LogP contribution in [0.25, 0.3) is 0 Å².